The van der Waals surface area contributed by atoms with E-state index < -0.39 is 36.0 Å². The van der Waals surface area contributed by atoms with Gasteiger partial charge in [0.25, 0.3) is 10.1 Å². The van der Waals surface area contributed by atoms with E-state index in [2.05, 4.69) is 5.09 Å². The van der Waals surface area contributed by atoms with Crippen LogP contribution in [0.4, 0.5) is 0 Å². The Bertz CT molecular complexity index is 826. The number of hydrogen-bond acceptors (Lipinski definition) is 7. The van der Waals surface area contributed by atoms with Crippen LogP contribution in [-0.4, -0.2) is 39.6 Å². The molecule has 1 aromatic carbocycles. The molecule has 1 rings (SSSR count). The summed E-state index contributed by atoms with van der Waals surface area (Å²) in [7, 11) is -7.83. The molecule has 0 heterocycles. The maximum absolute atomic E-state index is 13.6. The van der Waals surface area contributed by atoms with Crippen LogP contribution < -0.4 is 9.61 Å². The average Bonchev–Trinajstić information content (AvgIpc) is 2.59. The maximum Gasteiger partial charge on any atom is 0.344 e. The van der Waals surface area contributed by atoms with Gasteiger partial charge in [-0.2, -0.15) is 8.42 Å². The predicted molar refractivity (Wildman–Crippen MR) is 113 cm³/mol. The van der Waals surface area contributed by atoms with Gasteiger partial charge in [0.2, 0.25) is 0 Å². The number of para-hydroxylation sites is 1. The molecule has 0 amide bonds. The summed E-state index contributed by atoms with van der Waals surface area (Å²) < 4.78 is 52.2. The molecule has 0 aromatic heterocycles. The molecule has 29 heavy (non-hydrogen) atoms. The van der Waals surface area contributed by atoms with Gasteiger partial charge in [-0.3, -0.25) is 13.5 Å². The number of nitrogens with one attached hydrogen (secondary N) is 1. The van der Waals surface area contributed by atoms with E-state index in [1.807, 2.05) is 45.9 Å². The minimum absolute atomic E-state index is 0.0652. The molecule has 0 fully saturated rings. The van der Waals surface area contributed by atoms with Crippen molar-refractivity contribution in [3.05, 3.63) is 29.3 Å². The maximum atomic E-state index is 13.6. The number of carbonyl (C=O) groups is 1. The van der Waals surface area contributed by atoms with E-state index >= 15 is 0 Å². The third-order valence-corrected chi connectivity index (χ3v) is 6.47. The largest absolute Gasteiger partial charge is 0.465 e. The zero-order valence-electron chi connectivity index (χ0n) is 18.1. The number of benzene rings is 1. The molecular formula is C19H32NO7PS. The van der Waals surface area contributed by atoms with Gasteiger partial charge in [-0.1, -0.05) is 45.9 Å². The van der Waals surface area contributed by atoms with E-state index in [4.69, 9.17) is 13.4 Å². The Morgan fingerprint density at radius 3 is 2.03 bits per heavy atom. The lowest BCUT2D eigenvalue weighted by atomic mass is 9.94. The van der Waals surface area contributed by atoms with Crippen molar-refractivity contribution in [3.63, 3.8) is 0 Å². The molecule has 0 aliphatic heterocycles. The molecule has 1 N–H and O–H groups in total. The van der Waals surface area contributed by atoms with Gasteiger partial charge in [0.05, 0.1) is 12.9 Å². The normalized spacial score (nSPS) is 15.2. The zero-order chi connectivity index (χ0) is 22.4. The molecule has 0 saturated carbocycles. The molecule has 0 radical (unpaired) electrons. The fraction of sp³-hybridized carbons (Fsp3) is 0.632. The third kappa shape index (κ3) is 8.09. The molecular weight excluding hydrogens is 417 g/mol. The highest BCUT2D eigenvalue weighted by Crippen LogP contribution is 2.48. The molecule has 2 atom stereocenters. The van der Waals surface area contributed by atoms with Crippen LogP contribution in [0.1, 0.15) is 64.5 Å². The number of rotatable bonds is 11. The SMILES string of the molecule is CCOC(=O)[C@H](C)NP(=O)(COS(C)(=O)=O)Oc1c(C(C)C)cccc1C(C)C. The predicted octanol–water partition coefficient (Wildman–Crippen LogP) is 3.98. The van der Waals surface area contributed by atoms with Gasteiger partial charge in [0, 0.05) is 0 Å². The lowest BCUT2D eigenvalue weighted by Crippen LogP contribution is -2.35. The van der Waals surface area contributed by atoms with Crippen LogP contribution >= 0.6 is 7.52 Å². The van der Waals surface area contributed by atoms with Gasteiger partial charge < -0.3 is 9.26 Å². The third-order valence-electron chi connectivity index (χ3n) is 4.03. The minimum atomic E-state index is -3.96. The lowest BCUT2D eigenvalue weighted by molar-refractivity contribution is -0.144. The monoisotopic (exact) mass is 449 g/mol. The van der Waals surface area contributed by atoms with Crippen molar-refractivity contribution >= 4 is 23.6 Å². The standard InChI is InChI=1S/C19H32NO7PS/c1-8-25-19(21)15(6)20-28(22,12-26-29(7,23)24)27-18-16(13(2)3)10-9-11-17(18)14(4)5/h9-11,13-15H,8,12H2,1-7H3,(H,20,22)/t15-,28?/m0/s1. The molecule has 166 valence electrons. The molecule has 1 unspecified atom stereocenters. The van der Waals surface area contributed by atoms with Gasteiger partial charge in [0.1, 0.15) is 11.8 Å². The highest BCUT2D eigenvalue weighted by Gasteiger charge is 2.34. The number of ether oxygens (including phenoxy) is 1. The summed E-state index contributed by atoms with van der Waals surface area (Å²) >= 11 is 0. The first kappa shape index (κ1) is 25.6. The summed E-state index contributed by atoms with van der Waals surface area (Å²) in [6.45, 7) is 11.2. The van der Waals surface area contributed by atoms with Gasteiger partial charge in [-0.25, -0.2) is 5.09 Å². The second kappa shape index (κ2) is 10.6. The van der Waals surface area contributed by atoms with Gasteiger partial charge in [-0.15, -0.1) is 0 Å². The first-order valence-corrected chi connectivity index (χ1v) is 13.1. The van der Waals surface area contributed by atoms with Crippen molar-refractivity contribution in [2.24, 2.45) is 0 Å². The van der Waals surface area contributed by atoms with Crippen molar-refractivity contribution in [2.75, 3.05) is 19.2 Å². The molecule has 1 aromatic rings. The Hall–Kier alpha value is -1.41. The summed E-state index contributed by atoms with van der Waals surface area (Å²) in [4.78, 5) is 12.0. The number of hydrogen-bond donors (Lipinski definition) is 1. The van der Waals surface area contributed by atoms with Crippen LogP contribution in [0.5, 0.6) is 5.75 Å². The van der Waals surface area contributed by atoms with Crippen LogP contribution in [0.2, 0.25) is 0 Å². The number of carbonyl (C=O) groups excluding carboxylic acids is 1. The Morgan fingerprint density at radius 2 is 1.62 bits per heavy atom. The minimum Gasteiger partial charge on any atom is -0.465 e. The van der Waals surface area contributed by atoms with Crippen molar-refractivity contribution in [3.8, 4) is 5.75 Å². The summed E-state index contributed by atoms with van der Waals surface area (Å²) in [6, 6.07) is 4.63. The molecule has 0 saturated heterocycles. The van der Waals surface area contributed by atoms with Crippen molar-refractivity contribution in [2.45, 2.75) is 59.4 Å². The van der Waals surface area contributed by atoms with Gasteiger partial charge >= 0.3 is 13.5 Å². The fourth-order valence-corrected chi connectivity index (χ4v) is 5.31. The second-order valence-corrected chi connectivity index (χ2v) is 11.1. The van der Waals surface area contributed by atoms with E-state index in [1.54, 1.807) is 6.92 Å². The van der Waals surface area contributed by atoms with Crippen molar-refractivity contribution in [1.82, 2.24) is 5.09 Å². The smallest absolute Gasteiger partial charge is 0.344 e. The molecule has 0 spiro atoms. The van der Waals surface area contributed by atoms with Gasteiger partial charge in [0.15, 0.2) is 6.35 Å². The van der Waals surface area contributed by atoms with Crippen LogP contribution in [0, 0.1) is 0 Å². The van der Waals surface area contributed by atoms with Crippen molar-refractivity contribution in [1.29, 1.82) is 0 Å². The summed E-state index contributed by atoms with van der Waals surface area (Å²) in [5.41, 5.74) is 1.64. The Balaban J connectivity index is 3.37. The van der Waals surface area contributed by atoms with Gasteiger partial charge in [-0.05, 0) is 36.8 Å². The summed E-state index contributed by atoms with van der Waals surface area (Å²) in [5, 5.41) is 2.60. The van der Waals surface area contributed by atoms with E-state index in [1.165, 1.54) is 6.92 Å². The van der Waals surface area contributed by atoms with Crippen LogP contribution in [0.3, 0.4) is 0 Å². The fourth-order valence-electron chi connectivity index (χ4n) is 2.61. The first-order valence-electron chi connectivity index (χ1n) is 9.50. The highest BCUT2D eigenvalue weighted by molar-refractivity contribution is 7.86. The van der Waals surface area contributed by atoms with E-state index in [0.717, 1.165) is 17.4 Å². The summed E-state index contributed by atoms with van der Waals surface area (Å²) in [5.74, 6) is -0.0932. The first-order chi connectivity index (χ1) is 13.3. The second-order valence-electron chi connectivity index (χ2n) is 7.39. The molecule has 0 aliphatic rings. The van der Waals surface area contributed by atoms with Crippen LogP contribution in [0.25, 0.3) is 0 Å². The van der Waals surface area contributed by atoms with Crippen LogP contribution in [-0.2, 0) is 28.4 Å². The Morgan fingerprint density at radius 1 is 1.10 bits per heavy atom. The van der Waals surface area contributed by atoms with Crippen molar-refractivity contribution < 1.29 is 31.2 Å². The molecule has 10 heteroatoms. The zero-order valence-corrected chi connectivity index (χ0v) is 19.8. The Labute approximate surface area is 173 Å². The van der Waals surface area contributed by atoms with E-state index in [0.29, 0.717) is 5.75 Å². The van der Waals surface area contributed by atoms with Crippen LogP contribution in [0.15, 0.2) is 18.2 Å². The average molecular weight is 450 g/mol. The molecule has 8 nitrogen and oxygen atoms in total. The summed E-state index contributed by atoms with van der Waals surface area (Å²) in [6.07, 6.45) is 0.104. The molecule has 0 bridgehead atoms. The molecule has 0 aliphatic carbocycles. The lowest BCUT2D eigenvalue weighted by Gasteiger charge is -2.27. The van der Waals surface area contributed by atoms with E-state index in [9.17, 15) is 17.8 Å². The highest BCUT2D eigenvalue weighted by atomic mass is 32.2. The Kier molecular flexibility index (Phi) is 9.34. The topological polar surface area (TPSA) is 108 Å². The quantitative estimate of drug-likeness (QED) is 0.307. The number of esters is 1. The van der Waals surface area contributed by atoms with E-state index in [-0.39, 0.29) is 18.4 Å².